The number of anilines is 1. The molecule has 0 aliphatic rings. The number of halogens is 1. The maximum atomic E-state index is 12.8. The normalized spacial score (nSPS) is 10.3. The number of methoxy groups -OCH3 is 2. The molecule has 9 heteroatoms. The van der Waals surface area contributed by atoms with Crippen LogP contribution in [0.4, 0.5) is 5.69 Å². The molecule has 3 amide bonds. The smallest absolute Gasteiger partial charge is 0.254 e. The van der Waals surface area contributed by atoms with E-state index in [2.05, 4.69) is 26.6 Å². The van der Waals surface area contributed by atoms with Gasteiger partial charge in [0.1, 0.15) is 5.75 Å². The zero-order chi connectivity index (χ0) is 22.6. The molecule has 0 atom stereocenters. The molecule has 2 aromatic carbocycles. The number of hydrogen-bond acceptors (Lipinski definition) is 5. The summed E-state index contributed by atoms with van der Waals surface area (Å²) in [6.45, 7) is 0.460. The first kappa shape index (κ1) is 24.4. The largest absolute Gasteiger partial charge is 0.497 e. The minimum absolute atomic E-state index is 0.158. The predicted molar refractivity (Wildman–Crippen MR) is 121 cm³/mol. The summed E-state index contributed by atoms with van der Waals surface area (Å²) in [5.74, 6) is -0.381. The van der Waals surface area contributed by atoms with E-state index in [1.807, 2.05) is 0 Å². The third-order valence-electron chi connectivity index (χ3n) is 4.31. The molecule has 2 aromatic rings. The summed E-state index contributed by atoms with van der Waals surface area (Å²) < 4.78 is 11.0. The maximum Gasteiger partial charge on any atom is 0.254 e. The summed E-state index contributed by atoms with van der Waals surface area (Å²) in [6.07, 6.45) is 0.587. The van der Waals surface area contributed by atoms with Crippen molar-refractivity contribution in [2.24, 2.45) is 0 Å². The van der Waals surface area contributed by atoms with Crippen LogP contribution >= 0.6 is 15.9 Å². The molecule has 0 aliphatic carbocycles. The van der Waals surface area contributed by atoms with Gasteiger partial charge in [-0.05, 0) is 55.0 Å². The molecule has 0 unspecified atom stereocenters. The Balaban J connectivity index is 1.89. The van der Waals surface area contributed by atoms with Crippen molar-refractivity contribution in [3.8, 4) is 5.75 Å². The first-order valence-electron chi connectivity index (χ1n) is 9.67. The highest BCUT2D eigenvalue weighted by Crippen LogP contribution is 2.15. The molecule has 0 aliphatic heterocycles. The Morgan fingerprint density at radius 1 is 0.968 bits per heavy atom. The standard InChI is InChI=1S/C22H26BrN3O5/c1-30-13-3-12-26(22(29)16-4-6-17(23)7-5-16)15-21(28)24-14-20(27)25-18-8-10-19(31-2)11-9-18/h4-11H,3,12-15H2,1-2H3,(H,24,28)(H,25,27). The Kier molecular flexibility index (Phi) is 9.99. The van der Waals surface area contributed by atoms with Gasteiger partial charge in [0.2, 0.25) is 11.8 Å². The van der Waals surface area contributed by atoms with Crippen molar-refractivity contribution in [2.75, 3.05) is 45.8 Å². The van der Waals surface area contributed by atoms with Crippen molar-refractivity contribution in [2.45, 2.75) is 6.42 Å². The van der Waals surface area contributed by atoms with E-state index in [9.17, 15) is 14.4 Å². The van der Waals surface area contributed by atoms with Gasteiger partial charge in [-0.15, -0.1) is 0 Å². The lowest BCUT2D eigenvalue weighted by atomic mass is 10.2. The molecule has 31 heavy (non-hydrogen) atoms. The van der Waals surface area contributed by atoms with E-state index >= 15 is 0 Å². The molecule has 8 nitrogen and oxygen atoms in total. The summed E-state index contributed by atoms with van der Waals surface area (Å²) in [7, 11) is 3.14. The van der Waals surface area contributed by atoms with E-state index in [0.717, 1.165) is 4.47 Å². The maximum absolute atomic E-state index is 12.8. The number of ether oxygens (including phenoxy) is 2. The Hall–Kier alpha value is -2.91. The molecule has 2 rings (SSSR count). The number of benzene rings is 2. The Morgan fingerprint density at radius 2 is 1.65 bits per heavy atom. The van der Waals surface area contributed by atoms with Crippen LogP contribution in [0.25, 0.3) is 0 Å². The zero-order valence-corrected chi connectivity index (χ0v) is 19.1. The van der Waals surface area contributed by atoms with Crippen LogP contribution in [0.2, 0.25) is 0 Å². The Labute approximate surface area is 190 Å². The van der Waals surface area contributed by atoms with Crippen molar-refractivity contribution >= 4 is 39.3 Å². The first-order chi connectivity index (χ1) is 14.9. The molecule has 0 spiro atoms. The number of rotatable bonds is 11. The average Bonchev–Trinajstić information content (AvgIpc) is 2.77. The van der Waals surface area contributed by atoms with E-state index in [-0.39, 0.29) is 24.9 Å². The number of amides is 3. The number of nitrogens with one attached hydrogen (secondary N) is 2. The number of carbonyl (C=O) groups is 3. The van der Waals surface area contributed by atoms with Crippen LogP contribution in [0.5, 0.6) is 5.75 Å². The Morgan fingerprint density at radius 3 is 2.26 bits per heavy atom. The van der Waals surface area contributed by atoms with E-state index in [1.165, 1.54) is 4.90 Å². The fourth-order valence-corrected chi connectivity index (χ4v) is 2.98. The quantitative estimate of drug-likeness (QED) is 0.471. The van der Waals surface area contributed by atoms with Crippen LogP contribution in [0.1, 0.15) is 16.8 Å². The van der Waals surface area contributed by atoms with Crippen LogP contribution in [0.15, 0.2) is 53.0 Å². The van der Waals surface area contributed by atoms with Gasteiger partial charge in [-0.3, -0.25) is 14.4 Å². The molecule has 0 saturated heterocycles. The van der Waals surface area contributed by atoms with Gasteiger partial charge in [0.25, 0.3) is 5.91 Å². The monoisotopic (exact) mass is 491 g/mol. The molecular weight excluding hydrogens is 466 g/mol. The van der Waals surface area contributed by atoms with Crippen molar-refractivity contribution in [3.63, 3.8) is 0 Å². The van der Waals surface area contributed by atoms with E-state index in [0.29, 0.717) is 36.6 Å². The third-order valence-corrected chi connectivity index (χ3v) is 4.84. The number of hydrogen-bond donors (Lipinski definition) is 2. The van der Waals surface area contributed by atoms with Gasteiger partial charge in [-0.25, -0.2) is 0 Å². The van der Waals surface area contributed by atoms with Crippen molar-refractivity contribution < 1.29 is 23.9 Å². The second-order valence-electron chi connectivity index (χ2n) is 6.63. The summed E-state index contributed by atoms with van der Waals surface area (Å²) in [5.41, 5.74) is 1.07. The molecule has 0 saturated carbocycles. The molecule has 0 bridgehead atoms. The molecule has 0 heterocycles. The van der Waals surface area contributed by atoms with Gasteiger partial charge in [-0.2, -0.15) is 0 Å². The van der Waals surface area contributed by atoms with Crippen molar-refractivity contribution in [3.05, 3.63) is 58.6 Å². The topological polar surface area (TPSA) is 97.0 Å². The lowest BCUT2D eigenvalue weighted by molar-refractivity contribution is -0.124. The molecule has 0 fully saturated rings. The fraction of sp³-hybridized carbons (Fsp3) is 0.318. The van der Waals surface area contributed by atoms with Crippen LogP contribution < -0.4 is 15.4 Å². The summed E-state index contributed by atoms with van der Waals surface area (Å²) in [4.78, 5) is 38.7. The Bertz CT molecular complexity index is 872. The van der Waals surface area contributed by atoms with Crippen LogP contribution in [0.3, 0.4) is 0 Å². The molecule has 2 N–H and O–H groups in total. The lowest BCUT2D eigenvalue weighted by Crippen LogP contribution is -2.43. The SMILES string of the molecule is COCCCN(CC(=O)NCC(=O)Nc1ccc(OC)cc1)C(=O)c1ccc(Br)cc1. The van der Waals surface area contributed by atoms with Gasteiger partial charge in [0, 0.05) is 36.0 Å². The van der Waals surface area contributed by atoms with Gasteiger partial charge in [0.05, 0.1) is 20.2 Å². The highest BCUT2D eigenvalue weighted by Gasteiger charge is 2.19. The average molecular weight is 492 g/mol. The number of carbonyl (C=O) groups excluding carboxylic acids is 3. The van der Waals surface area contributed by atoms with Crippen LogP contribution in [0, 0.1) is 0 Å². The molecule has 0 radical (unpaired) electrons. The van der Waals surface area contributed by atoms with Crippen molar-refractivity contribution in [1.29, 1.82) is 0 Å². The lowest BCUT2D eigenvalue weighted by Gasteiger charge is -2.22. The zero-order valence-electron chi connectivity index (χ0n) is 17.5. The third kappa shape index (κ3) is 8.39. The highest BCUT2D eigenvalue weighted by molar-refractivity contribution is 9.10. The second-order valence-corrected chi connectivity index (χ2v) is 7.55. The summed E-state index contributed by atoms with van der Waals surface area (Å²) in [5, 5.41) is 5.24. The van der Waals surface area contributed by atoms with Crippen LogP contribution in [-0.4, -0.2) is 63.1 Å². The van der Waals surface area contributed by atoms with Gasteiger partial charge < -0.3 is 25.0 Å². The molecule has 0 aromatic heterocycles. The molecular formula is C22H26BrN3O5. The fourth-order valence-electron chi connectivity index (χ4n) is 2.71. The van der Waals surface area contributed by atoms with Gasteiger partial charge >= 0.3 is 0 Å². The van der Waals surface area contributed by atoms with E-state index in [1.54, 1.807) is 62.8 Å². The van der Waals surface area contributed by atoms with Gasteiger partial charge in [0.15, 0.2) is 0 Å². The summed E-state index contributed by atoms with van der Waals surface area (Å²) >= 11 is 3.34. The van der Waals surface area contributed by atoms with E-state index in [4.69, 9.17) is 9.47 Å². The second kappa shape index (κ2) is 12.7. The first-order valence-corrected chi connectivity index (χ1v) is 10.5. The summed E-state index contributed by atoms with van der Waals surface area (Å²) in [6, 6.07) is 13.8. The van der Waals surface area contributed by atoms with Gasteiger partial charge in [-0.1, -0.05) is 15.9 Å². The van der Waals surface area contributed by atoms with E-state index < -0.39 is 5.91 Å². The highest BCUT2D eigenvalue weighted by atomic mass is 79.9. The minimum atomic E-state index is -0.423. The van der Waals surface area contributed by atoms with Crippen molar-refractivity contribution in [1.82, 2.24) is 10.2 Å². The van der Waals surface area contributed by atoms with Crippen LogP contribution in [-0.2, 0) is 14.3 Å². The predicted octanol–water partition coefficient (Wildman–Crippen LogP) is 2.69. The number of nitrogens with zero attached hydrogens (tertiary/aromatic N) is 1. The molecule has 166 valence electrons. The minimum Gasteiger partial charge on any atom is -0.497 e.